The zero-order valence-corrected chi connectivity index (χ0v) is 18.0. The number of aromatic nitrogens is 1. The second kappa shape index (κ2) is 8.05. The number of carbonyl (C=O) groups excluding carboxylic acids is 3. The molecule has 0 bridgehead atoms. The maximum absolute atomic E-state index is 12.9. The maximum atomic E-state index is 12.9. The lowest BCUT2D eigenvalue weighted by Gasteiger charge is -2.29. The van der Waals surface area contributed by atoms with Crippen molar-refractivity contribution in [1.82, 2.24) is 20.5 Å². The summed E-state index contributed by atoms with van der Waals surface area (Å²) in [7, 11) is 1.56. The minimum Gasteiger partial charge on any atom is -0.497 e. The number of amides is 4. The van der Waals surface area contributed by atoms with Crippen LogP contribution in [0.3, 0.4) is 0 Å². The summed E-state index contributed by atoms with van der Waals surface area (Å²) < 4.78 is 5.23. The van der Waals surface area contributed by atoms with Gasteiger partial charge in [-0.2, -0.15) is 0 Å². The Morgan fingerprint density at radius 3 is 2.55 bits per heavy atom. The standard InChI is InChI=1S/C25H22N4O4/c1-33-19-10-7-17-15-29(22(30)20(17)14-19)13-11-25(23(31)27-24(32)28-25)18-8-5-16(6-9-18)21-4-2-3-12-26-21/h2-10,12,14H,11,13,15H2,1H3,(H2,27,28,31,32)/t25-/m0/s1. The van der Waals surface area contributed by atoms with Crippen molar-refractivity contribution in [3.05, 3.63) is 83.6 Å². The molecule has 2 aliphatic heterocycles. The van der Waals surface area contributed by atoms with Crippen molar-refractivity contribution in [2.75, 3.05) is 13.7 Å². The number of methoxy groups -OCH3 is 1. The van der Waals surface area contributed by atoms with Crippen LogP contribution in [0.5, 0.6) is 5.75 Å². The summed E-state index contributed by atoms with van der Waals surface area (Å²) in [6.45, 7) is 0.744. The number of nitrogens with one attached hydrogen (secondary N) is 2. The molecule has 2 N–H and O–H groups in total. The summed E-state index contributed by atoms with van der Waals surface area (Å²) in [4.78, 5) is 44.0. The van der Waals surface area contributed by atoms with Crippen LogP contribution in [0, 0.1) is 0 Å². The number of pyridine rings is 1. The summed E-state index contributed by atoms with van der Waals surface area (Å²) in [6, 6.07) is 17.9. The van der Waals surface area contributed by atoms with Crippen LogP contribution in [0.25, 0.3) is 11.3 Å². The highest BCUT2D eigenvalue weighted by molar-refractivity contribution is 6.07. The van der Waals surface area contributed by atoms with Gasteiger partial charge in [-0.25, -0.2) is 4.79 Å². The molecule has 4 amide bonds. The first-order chi connectivity index (χ1) is 16.0. The van der Waals surface area contributed by atoms with Crippen molar-refractivity contribution in [3.63, 3.8) is 0 Å². The largest absolute Gasteiger partial charge is 0.497 e. The lowest BCUT2D eigenvalue weighted by Crippen LogP contribution is -2.46. The van der Waals surface area contributed by atoms with Gasteiger partial charge in [0.1, 0.15) is 11.3 Å². The zero-order chi connectivity index (χ0) is 23.0. The topological polar surface area (TPSA) is 101 Å². The van der Waals surface area contributed by atoms with Gasteiger partial charge in [0.25, 0.3) is 11.8 Å². The smallest absolute Gasteiger partial charge is 0.322 e. The van der Waals surface area contributed by atoms with Crippen molar-refractivity contribution in [1.29, 1.82) is 0 Å². The van der Waals surface area contributed by atoms with Crippen LogP contribution in [0.4, 0.5) is 4.79 Å². The molecule has 1 saturated heterocycles. The van der Waals surface area contributed by atoms with Crippen LogP contribution in [0.1, 0.15) is 27.9 Å². The van der Waals surface area contributed by atoms with E-state index in [0.29, 0.717) is 30.0 Å². The van der Waals surface area contributed by atoms with E-state index in [1.54, 1.807) is 24.3 Å². The van der Waals surface area contributed by atoms with Gasteiger partial charge in [0.05, 0.1) is 12.8 Å². The Balaban J connectivity index is 1.39. The second-order valence-corrected chi connectivity index (χ2v) is 8.11. The van der Waals surface area contributed by atoms with Gasteiger partial charge < -0.3 is 15.0 Å². The molecule has 1 atom stereocenters. The van der Waals surface area contributed by atoms with E-state index in [4.69, 9.17) is 4.74 Å². The molecule has 2 aromatic carbocycles. The number of imide groups is 1. The van der Waals surface area contributed by atoms with E-state index in [0.717, 1.165) is 16.8 Å². The Bertz CT molecular complexity index is 1240. The maximum Gasteiger partial charge on any atom is 0.322 e. The van der Waals surface area contributed by atoms with Crippen molar-refractivity contribution in [2.45, 2.75) is 18.5 Å². The molecular formula is C25H22N4O4. The van der Waals surface area contributed by atoms with Crippen LogP contribution >= 0.6 is 0 Å². The molecular weight excluding hydrogens is 420 g/mol. The number of hydrogen-bond donors (Lipinski definition) is 2. The van der Waals surface area contributed by atoms with Gasteiger partial charge in [-0.3, -0.25) is 19.9 Å². The minimum absolute atomic E-state index is 0.116. The zero-order valence-electron chi connectivity index (χ0n) is 18.0. The third-order valence-corrected chi connectivity index (χ3v) is 6.23. The van der Waals surface area contributed by atoms with Crippen LogP contribution in [0.15, 0.2) is 66.9 Å². The van der Waals surface area contributed by atoms with E-state index in [2.05, 4.69) is 15.6 Å². The number of urea groups is 1. The van der Waals surface area contributed by atoms with E-state index >= 15 is 0 Å². The first-order valence-corrected chi connectivity index (χ1v) is 10.6. The molecule has 8 heteroatoms. The molecule has 0 saturated carbocycles. The number of hydrogen-bond acceptors (Lipinski definition) is 5. The number of carbonyl (C=O) groups is 3. The number of fused-ring (bicyclic) bond motifs is 1. The highest BCUT2D eigenvalue weighted by Gasteiger charge is 2.48. The molecule has 5 rings (SSSR count). The van der Waals surface area contributed by atoms with Gasteiger partial charge in [-0.1, -0.05) is 36.4 Å². The average molecular weight is 442 g/mol. The second-order valence-electron chi connectivity index (χ2n) is 8.11. The lowest BCUT2D eigenvalue weighted by atomic mass is 9.85. The van der Waals surface area contributed by atoms with Gasteiger partial charge in [-0.05, 0) is 35.4 Å². The van der Waals surface area contributed by atoms with Crippen molar-refractivity contribution in [3.8, 4) is 17.0 Å². The van der Waals surface area contributed by atoms with E-state index in [9.17, 15) is 14.4 Å². The third kappa shape index (κ3) is 3.59. The van der Waals surface area contributed by atoms with E-state index in [1.807, 2.05) is 54.6 Å². The molecule has 1 fully saturated rings. The number of benzene rings is 2. The average Bonchev–Trinajstić information content (AvgIpc) is 3.33. The summed E-state index contributed by atoms with van der Waals surface area (Å²) in [5, 5.41) is 5.15. The van der Waals surface area contributed by atoms with Crippen LogP contribution in [0.2, 0.25) is 0 Å². The Kier molecular flexibility index (Phi) is 5.05. The predicted octanol–water partition coefficient (Wildman–Crippen LogP) is 2.84. The molecule has 2 aliphatic rings. The predicted molar refractivity (Wildman–Crippen MR) is 120 cm³/mol. The van der Waals surface area contributed by atoms with Crippen molar-refractivity contribution < 1.29 is 19.1 Å². The fraction of sp³-hybridized carbons (Fsp3) is 0.200. The fourth-order valence-electron chi connectivity index (χ4n) is 4.42. The Morgan fingerprint density at radius 2 is 1.88 bits per heavy atom. The molecule has 33 heavy (non-hydrogen) atoms. The summed E-state index contributed by atoms with van der Waals surface area (Å²) in [5.41, 5.74) is 2.62. The molecule has 3 heterocycles. The first kappa shape index (κ1) is 20.7. The molecule has 0 aliphatic carbocycles. The highest BCUT2D eigenvalue weighted by Crippen LogP contribution is 2.33. The number of rotatable bonds is 6. The molecule has 0 spiro atoms. The van der Waals surface area contributed by atoms with Gasteiger partial charge in [0.15, 0.2) is 0 Å². The van der Waals surface area contributed by atoms with E-state index in [1.165, 1.54) is 0 Å². The van der Waals surface area contributed by atoms with Crippen molar-refractivity contribution >= 4 is 17.8 Å². The monoisotopic (exact) mass is 442 g/mol. The van der Waals surface area contributed by atoms with Crippen LogP contribution in [-0.2, 0) is 16.9 Å². The number of nitrogens with zero attached hydrogens (tertiary/aromatic N) is 2. The SMILES string of the molecule is COc1ccc2c(c1)C(=O)N(CC[C@@]1(c3ccc(-c4ccccn4)cc3)NC(=O)NC1=O)C2. The van der Waals surface area contributed by atoms with Gasteiger partial charge >= 0.3 is 6.03 Å². The first-order valence-electron chi connectivity index (χ1n) is 10.6. The normalized spacial score (nSPS) is 19.3. The van der Waals surface area contributed by atoms with Gasteiger partial charge in [-0.15, -0.1) is 0 Å². The summed E-state index contributed by atoms with van der Waals surface area (Å²) in [6.07, 6.45) is 1.96. The molecule has 8 nitrogen and oxygen atoms in total. The fourth-order valence-corrected chi connectivity index (χ4v) is 4.42. The molecule has 3 aromatic rings. The lowest BCUT2D eigenvalue weighted by molar-refractivity contribution is -0.124. The third-order valence-electron chi connectivity index (χ3n) is 6.23. The summed E-state index contributed by atoms with van der Waals surface area (Å²) >= 11 is 0. The molecule has 166 valence electrons. The van der Waals surface area contributed by atoms with E-state index < -0.39 is 17.5 Å². The molecule has 0 radical (unpaired) electrons. The minimum atomic E-state index is -1.26. The van der Waals surface area contributed by atoms with Gasteiger partial charge in [0.2, 0.25) is 0 Å². The summed E-state index contributed by atoms with van der Waals surface area (Å²) in [5.74, 6) is 0.0778. The van der Waals surface area contributed by atoms with Crippen LogP contribution in [-0.4, -0.2) is 41.4 Å². The molecule has 1 aromatic heterocycles. The molecule has 0 unspecified atom stereocenters. The van der Waals surface area contributed by atoms with Crippen LogP contribution < -0.4 is 15.4 Å². The van der Waals surface area contributed by atoms with Crippen molar-refractivity contribution in [2.24, 2.45) is 0 Å². The highest BCUT2D eigenvalue weighted by atomic mass is 16.5. The van der Waals surface area contributed by atoms with Gasteiger partial charge in [0, 0.05) is 36.8 Å². The Hall–Kier alpha value is -4.20. The Morgan fingerprint density at radius 1 is 1.06 bits per heavy atom. The van der Waals surface area contributed by atoms with E-state index in [-0.39, 0.29) is 12.3 Å². The number of ether oxygens (including phenoxy) is 1. The quantitative estimate of drug-likeness (QED) is 0.572. The Labute approximate surface area is 190 Å².